The molecule has 5 nitrogen and oxygen atoms in total. The van der Waals surface area contributed by atoms with Crippen LogP contribution in [-0.2, 0) is 5.54 Å². The Balaban J connectivity index is 2.16. The van der Waals surface area contributed by atoms with Gasteiger partial charge in [0.05, 0.1) is 16.8 Å². The lowest BCUT2D eigenvalue weighted by Gasteiger charge is -2.11. The zero-order valence-corrected chi connectivity index (χ0v) is 9.69. The van der Waals surface area contributed by atoms with E-state index in [1.165, 1.54) is 6.07 Å². The minimum atomic E-state index is -0.784. The zero-order chi connectivity index (χ0) is 12.9. The predicted octanol–water partition coefficient (Wildman–Crippen LogP) is 1.71. The van der Waals surface area contributed by atoms with E-state index in [0.717, 1.165) is 18.9 Å². The Morgan fingerprint density at radius 3 is 2.67 bits per heavy atom. The molecule has 1 heterocycles. The molecule has 0 bridgehead atoms. The summed E-state index contributed by atoms with van der Waals surface area (Å²) in [7, 11) is 0. The highest BCUT2D eigenvalue weighted by Crippen LogP contribution is 2.44. The molecule has 7 heteroatoms. The largest absolute Gasteiger partial charge is 0.396 e. The number of halogens is 2. The van der Waals surface area contributed by atoms with Crippen molar-refractivity contribution >= 4 is 5.69 Å². The van der Waals surface area contributed by atoms with E-state index in [2.05, 4.69) is 15.5 Å². The molecule has 1 saturated carbocycles. The number of nitrogens with two attached hydrogens (primary N) is 1. The minimum absolute atomic E-state index is 0.118. The topological polar surface area (TPSA) is 69.6 Å². The summed E-state index contributed by atoms with van der Waals surface area (Å²) in [5.41, 5.74) is 5.27. The van der Waals surface area contributed by atoms with E-state index in [1.807, 2.05) is 6.92 Å². The van der Waals surface area contributed by atoms with Gasteiger partial charge in [0.1, 0.15) is 11.6 Å². The SMILES string of the molecule is CC1(n2nnnc2-c2cc(N)c(F)cc2F)CC1. The fourth-order valence-electron chi connectivity index (χ4n) is 1.85. The van der Waals surface area contributed by atoms with Crippen LogP contribution in [0.5, 0.6) is 0 Å². The summed E-state index contributed by atoms with van der Waals surface area (Å²) in [5, 5.41) is 11.2. The highest BCUT2D eigenvalue weighted by atomic mass is 19.1. The fraction of sp³-hybridized carbons (Fsp3) is 0.364. The number of nitrogen functional groups attached to an aromatic ring is 1. The van der Waals surface area contributed by atoms with Crippen molar-refractivity contribution in [3.8, 4) is 11.4 Å². The summed E-state index contributed by atoms with van der Waals surface area (Å²) in [5.74, 6) is -1.23. The van der Waals surface area contributed by atoms with Gasteiger partial charge in [-0.1, -0.05) is 0 Å². The van der Waals surface area contributed by atoms with E-state index in [1.54, 1.807) is 4.68 Å². The van der Waals surface area contributed by atoms with Crippen LogP contribution < -0.4 is 5.73 Å². The molecule has 0 spiro atoms. The van der Waals surface area contributed by atoms with Crippen molar-refractivity contribution in [3.63, 3.8) is 0 Å². The first-order valence-corrected chi connectivity index (χ1v) is 5.55. The van der Waals surface area contributed by atoms with Crippen LogP contribution in [0.1, 0.15) is 19.8 Å². The number of hydrogen-bond donors (Lipinski definition) is 1. The molecule has 1 aliphatic carbocycles. The number of aromatic nitrogens is 4. The molecule has 0 atom stereocenters. The summed E-state index contributed by atoms with van der Waals surface area (Å²) in [4.78, 5) is 0. The lowest BCUT2D eigenvalue weighted by Crippen LogP contribution is -2.16. The maximum Gasteiger partial charge on any atom is 0.185 e. The van der Waals surface area contributed by atoms with Crippen molar-refractivity contribution in [1.82, 2.24) is 20.2 Å². The molecule has 2 N–H and O–H groups in total. The molecular weight excluding hydrogens is 240 g/mol. The second-order valence-corrected chi connectivity index (χ2v) is 4.76. The first-order valence-electron chi connectivity index (χ1n) is 5.55. The van der Waals surface area contributed by atoms with Gasteiger partial charge in [0.25, 0.3) is 0 Å². The van der Waals surface area contributed by atoms with E-state index in [4.69, 9.17) is 5.73 Å². The third-order valence-corrected chi connectivity index (χ3v) is 3.28. The monoisotopic (exact) mass is 251 g/mol. The van der Waals surface area contributed by atoms with Gasteiger partial charge in [-0.15, -0.1) is 5.10 Å². The number of nitrogens with zero attached hydrogens (tertiary/aromatic N) is 4. The molecule has 1 aromatic heterocycles. The van der Waals surface area contributed by atoms with Gasteiger partial charge in [-0.05, 0) is 36.3 Å². The van der Waals surface area contributed by atoms with Gasteiger partial charge >= 0.3 is 0 Å². The quantitative estimate of drug-likeness (QED) is 0.825. The van der Waals surface area contributed by atoms with Crippen LogP contribution in [0, 0.1) is 11.6 Å². The molecule has 1 aliphatic rings. The van der Waals surface area contributed by atoms with Crippen LogP contribution in [0.2, 0.25) is 0 Å². The molecule has 2 aromatic rings. The average Bonchev–Trinajstić information content (AvgIpc) is 2.89. The van der Waals surface area contributed by atoms with E-state index in [-0.39, 0.29) is 22.6 Å². The normalized spacial score (nSPS) is 16.8. The molecule has 0 aliphatic heterocycles. The van der Waals surface area contributed by atoms with E-state index in [0.29, 0.717) is 0 Å². The minimum Gasteiger partial charge on any atom is -0.396 e. The van der Waals surface area contributed by atoms with Gasteiger partial charge in [0.2, 0.25) is 0 Å². The second-order valence-electron chi connectivity index (χ2n) is 4.76. The molecule has 1 fully saturated rings. The summed E-state index contributed by atoms with van der Waals surface area (Å²) in [6.07, 6.45) is 1.87. The highest BCUT2D eigenvalue weighted by molar-refractivity contribution is 5.62. The van der Waals surface area contributed by atoms with Gasteiger partial charge in [-0.2, -0.15) is 0 Å². The Morgan fingerprint density at radius 2 is 2.00 bits per heavy atom. The predicted molar refractivity (Wildman–Crippen MR) is 60.5 cm³/mol. The van der Waals surface area contributed by atoms with Gasteiger partial charge in [-0.3, -0.25) is 0 Å². The molecular formula is C11H11F2N5. The third-order valence-electron chi connectivity index (χ3n) is 3.28. The first-order chi connectivity index (χ1) is 8.51. The van der Waals surface area contributed by atoms with Crippen LogP contribution in [0.3, 0.4) is 0 Å². The van der Waals surface area contributed by atoms with Crippen LogP contribution in [0.15, 0.2) is 12.1 Å². The van der Waals surface area contributed by atoms with Crippen molar-refractivity contribution in [2.24, 2.45) is 0 Å². The van der Waals surface area contributed by atoms with Crippen LogP contribution in [-0.4, -0.2) is 20.2 Å². The van der Waals surface area contributed by atoms with E-state index in [9.17, 15) is 8.78 Å². The lowest BCUT2D eigenvalue weighted by molar-refractivity contribution is 0.461. The van der Waals surface area contributed by atoms with Crippen molar-refractivity contribution in [2.75, 3.05) is 5.73 Å². The molecule has 94 valence electrons. The summed E-state index contributed by atoms with van der Waals surface area (Å²) < 4.78 is 28.5. The molecule has 0 saturated heterocycles. The van der Waals surface area contributed by atoms with E-state index >= 15 is 0 Å². The van der Waals surface area contributed by atoms with Crippen LogP contribution in [0.25, 0.3) is 11.4 Å². The summed E-state index contributed by atoms with van der Waals surface area (Å²) in [6.45, 7) is 1.98. The second kappa shape index (κ2) is 3.47. The number of hydrogen-bond acceptors (Lipinski definition) is 4. The van der Waals surface area contributed by atoms with Gasteiger partial charge in [-0.25, -0.2) is 13.5 Å². The Morgan fingerprint density at radius 1 is 1.28 bits per heavy atom. The number of tetrazole rings is 1. The number of benzene rings is 1. The van der Waals surface area contributed by atoms with Gasteiger partial charge < -0.3 is 5.73 Å². The smallest absolute Gasteiger partial charge is 0.185 e. The Hall–Kier alpha value is -2.05. The molecule has 18 heavy (non-hydrogen) atoms. The van der Waals surface area contributed by atoms with Crippen molar-refractivity contribution in [1.29, 1.82) is 0 Å². The maximum atomic E-state index is 13.8. The molecule has 0 unspecified atom stereocenters. The standard InChI is InChI=1S/C11H11F2N5/c1-11(2-3-11)18-10(15-16-17-18)6-4-9(14)8(13)5-7(6)12/h4-5H,2-3,14H2,1H3. The summed E-state index contributed by atoms with van der Waals surface area (Å²) in [6, 6.07) is 1.97. The Bertz CT molecular complexity index is 618. The zero-order valence-electron chi connectivity index (χ0n) is 9.69. The molecule has 1 aromatic carbocycles. The van der Waals surface area contributed by atoms with Crippen molar-refractivity contribution < 1.29 is 8.78 Å². The maximum absolute atomic E-state index is 13.8. The first kappa shape index (κ1) is 11.1. The molecule has 0 radical (unpaired) electrons. The third kappa shape index (κ3) is 1.54. The molecule has 0 amide bonds. The van der Waals surface area contributed by atoms with Crippen LogP contribution >= 0.6 is 0 Å². The summed E-state index contributed by atoms with van der Waals surface area (Å²) >= 11 is 0. The van der Waals surface area contributed by atoms with Crippen LogP contribution in [0.4, 0.5) is 14.5 Å². The van der Waals surface area contributed by atoms with Crippen molar-refractivity contribution in [3.05, 3.63) is 23.8 Å². The molecule has 3 rings (SSSR count). The number of rotatable bonds is 2. The number of anilines is 1. The Kier molecular flexibility index (Phi) is 2.13. The Labute approximate surface area is 102 Å². The van der Waals surface area contributed by atoms with Crippen molar-refractivity contribution in [2.45, 2.75) is 25.3 Å². The highest BCUT2D eigenvalue weighted by Gasteiger charge is 2.43. The fourth-order valence-corrected chi connectivity index (χ4v) is 1.85. The van der Waals surface area contributed by atoms with Gasteiger partial charge in [0, 0.05) is 6.07 Å². The average molecular weight is 251 g/mol. The lowest BCUT2D eigenvalue weighted by atomic mass is 10.1. The van der Waals surface area contributed by atoms with Gasteiger partial charge in [0.15, 0.2) is 5.82 Å². The van der Waals surface area contributed by atoms with E-state index < -0.39 is 11.6 Å².